The van der Waals surface area contributed by atoms with E-state index in [9.17, 15) is 8.42 Å². The third-order valence-electron chi connectivity index (χ3n) is 4.08. The van der Waals surface area contributed by atoms with Crippen molar-refractivity contribution in [2.75, 3.05) is 27.3 Å². The van der Waals surface area contributed by atoms with Crippen molar-refractivity contribution in [1.82, 2.24) is 4.72 Å². The van der Waals surface area contributed by atoms with Gasteiger partial charge in [-0.25, -0.2) is 13.1 Å². The second-order valence-electron chi connectivity index (χ2n) is 6.68. The molecular formula is C19H25N2O4S+. The van der Waals surface area contributed by atoms with E-state index in [0.717, 1.165) is 18.5 Å². The van der Waals surface area contributed by atoms with Crippen LogP contribution in [0.5, 0.6) is 11.5 Å². The largest absolute Gasteiger partial charge is 0.490 e. The van der Waals surface area contributed by atoms with Crippen LogP contribution in [0.15, 0.2) is 47.4 Å². The summed E-state index contributed by atoms with van der Waals surface area (Å²) in [5.74, 6) is 1.06. The minimum absolute atomic E-state index is 0.176. The summed E-state index contributed by atoms with van der Waals surface area (Å²) in [5.41, 5.74) is 2.14. The van der Waals surface area contributed by atoms with Crippen LogP contribution in [-0.4, -0.2) is 35.7 Å². The molecule has 0 unspecified atom stereocenters. The highest BCUT2D eigenvalue weighted by atomic mass is 32.2. The average molecular weight is 377 g/mol. The minimum atomic E-state index is -3.62. The molecule has 2 aromatic rings. The fraction of sp³-hybridized carbons (Fsp3) is 0.368. The first-order chi connectivity index (χ1) is 12.4. The molecule has 1 aliphatic heterocycles. The molecule has 0 aromatic heterocycles. The molecule has 0 radical (unpaired) electrons. The Balaban J connectivity index is 1.68. The molecule has 0 saturated heterocycles. The monoisotopic (exact) mass is 377 g/mol. The molecule has 0 aliphatic carbocycles. The van der Waals surface area contributed by atoms with Crippen LogP contribution in [0.4, 0.5) is 0 Å². The Kier molecular flexibility index (Phi) is 5.80. The van der Waals surface area contributed by atoms with Gasteiger partial charge >= 0.3 is 0 Å². The molecule has 7 heteroatoms. The first-order valence-corrected chi connectivity index (χ1v) is 10.2. The van der Waals surface area contributed by atoms with Gasteiger partial charge in [-0.3, -0.25) is 0 Å². The van der Waals surface area contributed by atoms with Gasteiger partial charge in [0.2, 0.25) is 10.0 Å². The van der Waals surface area contributed by atoms with Crippen molar-refractivity contribution >= 4 is 10.0 Å². The number of nitrogens with one attached hydrogen (secondary N) is 2. The maximum atomic E-state index is 12.6. The SMILES string of the molecule is C[NH+](C)Cc1ccc(CNS(=O)(=O)c2ccc3c(c2)OCCCO3)cc1. The van der Waals surface area contributed by atoms with E-state index in [1.165, 1.54) is 16.5 Å². The van der Waals surface area contributed by atoms with Crippen molar-refractivity contribution in [1.29, 1.82) is 0 Å². The molecule has 1 heterocycles. The highest BCUT2D eigenvalue weighted by Gasteiger charge is 2.18. The number of fused-ring (bicyclic) bond motifs is 1. The summed E-state index contributed by atoms with van der Waals surface area (Å²) in [6.45, 7) is 2.27. The Labute approximate surface area is 154 Å². The van der Waals surface area contributed by atoms with Gasteiger partial charge in [0.15, 0.2) is 11.5 Å². The predicted molar refractivity (Wildman–Crippen MR) is 99.0 cm³/mol. The van der Waals surface area contributed by atoms with Gasteiger partial charge < -0.3 is 14.4 Å². The van der Waals surface area contributed by atoms with E-state index < -0.39 is 10.0 Å². The molecular weight excluding hydrogens is 352 g/mol. The van der Waals surface area contributed by atoms with Crippen molar-refractivity contribution < 1.29 is 22.8 Å². The molecule has 6 nitrogen and oxygen atoms in total. The van der Waals surface area contributed by atoms with Crippen LogP contribution in [-0.2, 0) is 23.1 Å². The number of ether oxygens (including phenoxy) is 2. The summed E-state index contributed by atoms with van der Waals surface area (Å²) in [4.78, 5) is 1.52. The average Bonchev–Trinajstić information content (AvgIpc) is 2.85. The van der Waals surface area contributed by atoms with Crippen molar-refractivity contribution in [2.24, 2.45) is 0 Å². The Morgan fingerprint density at radius 2 is 1.62 bits per heavy atom. The van der Waals surface area contributed by atoms with Gasteiger partial charge in [0.25, 0.3) is 0 Å². The lowest BCUT2D eigenvalue weighted by Crippen LogP contribution is -3.04. The molecule has 0 atom stereocenters. The molecule has 0 amide bonds. The number of hydrogen-bond acceptors (Lipinski definition) is 4. The first kappa shape index (κ1) is 18.7. The van der Waals surface area contributed by atoms with Crippen LogP contribution < -0.4 is 19.1 Å². The van der Waals surface area contributed by atoms with Gasteiger partial charge in [0, 0.05) is 24.6 Å². The van der Waals surface area contributed by atoms with Gasteiger partial charge in [-0.1, -0.05) is 24.3 Å². The Morgan fingerprint density at radius 3 is 2.31 bits per heavy atom. The zero-order chi connectivity index (χ0) is 18.6. The zero-order valence-electron chi connectivity index (χ0n) is 15.1. The van der Waals surface area contributed by atoms with Gasteiger partial charge in [-0.2, -0.15) is 0 Å². The van der Waals surface area contributed by atoms with Crippen LogP contribution in [0.3, 0.4) is 0 Å². The lowest BCUT2D eigenvalue weighted by Gasteiger charge is -2.11. The summed E-state index contributed by atoms with van der Waals surface area (Å²) < 4.78 is 38.9. The highest BCUT2D eigenvalue weighted by Crippen LogP contribution is 2.31. The zero-order valence-corrected chi connectivity index (χ0v) is 15.9. The Hall–Kier alpha value is -2.09. The van der Waals surface area contributed by atoms with Crippen LogP contribution in [0.2, 0.25) is 0 Å². The fourth-order valence-corrected chi connectivity index (χ4v) is 3.79. The molecule has 3 rings (SSSR count). The van der Waals surface area contributed by atoms with E-state index >= 15 is 0 Å². The number of benzene rings is 2. The van der Waals surface area contributed by atoms with Gasteiger partial charge in [-0.05, 0) is 17.7 Å². The van der Waals surface area contributed by atoms with Crippen molar-refractivity contribution in [3.05, 3.63) is 53.6 Å². The summed E-state index contributed by atoms with van der Waals surface area (Å²) in [6.07, 6.45) is 0.778. The van der Waals surface area contributed by atoms with Crippen LogP contribution in [0.25, 0.3) is 0 Å². The number of hydrogen-bond donors (Lipinski definition) is 2. The minimum Gasteiger partial charge on any atom is -0.490 e. The quantitative estimate of drug-likeness (QED) is 0.787. The molecule has 0 spiro atoms. The first-order valence-electron chi connectivity index (χ1n) is 8.70. The lowest BCUT2D eigenvalue weighted by molar-refractivity contribution is -0.872. The molecule has 2 aromatic carbocycles. The van der Waals surface area contributed by atoms with Crippen LogP contribution in [0, 0.1) is 0 Å². The van der Waals surface area contributed by atoms with Gasteiger partial charge in [-0.15, -0.1) is 0 Å². The summed E-state index contributed by atoms with van der Waals surface area (Å²) in [6, 6.07) is 12.7. The molecule has 0 bridgehead atoms. The predicted octanol–water partition coefficient (Wildman–Crippen LogP) is 0.971. The summed E-state index contributed by atoms with van der Waals surface area (Å²) in [5, 5.41) is 0. The Morgan fingerprint density at radius 1 is 0.962 bits per heavy atom. The van der Waals surface area contributed by atoms with Crippen LogP contribution >= 0.6 is 0 Å². The molecule has 0 fully saturated rings. The number of rotatable bonds is 6. The van der Waals surface area contributed by atoms with Gasteiger partial charge in [0.05, 0.1) is 32.2 Å². The Bertz CT molecular complexity index is 848. The standard InChI is InChI=1S/C19H24N2O4S/c1-21(2)14-16-6-4-15(5-7-16)13-20-26(22,23)17-8-9-18-19(12-17)25-11-3-10-24-18/h4-9,12,20H,3,10-11,13-14H2,1-2H3/p+1. The number of sulfonamides is 1. The molecule has 0 saturated carbocycles. The van der Waals surface area contributed by atoms with Crippen LogP contribution in [0.1, 0.15) is 17.5 Å². The molecule has 140 valence electrons. The van der Waals surface area contributed by atoms with E-state index in [-0.39, 0.29) is 11.4 Å². The second-order valence-corrected chi connectivity index (χ2v) is 8.45. The summed E-state index contributed by atoms with van der Waals surface area (Å²) >= 11 is 0. The maximum Gasteiger partial charge on any atom is 0.241 e. The van der Waals surface area contributed by atoms with Crippen molar-refractivity contribution in [3.63, 3.8) is 0 Å². The van der Waals surface area contributed by atoms with E-state index in [1.807, 2.05) is 24.3 Å². The smallest absolute Gasteiger partial charge is 0.241 e. The normalized spacial score (nSPS) is 14.3. The molecule has 26 heavy (non-hydrogen) atoms. The lowest BCUT2D eigenvalue weighted by atomic mass is 10.1. The van der Waals surface area contributed by atoms with Crippen molar-refractivity contribution in [3.8, 4) is 11.5 Å². The second kappa shape index (κ2) is 8.07. The van der Waals surface area contributed by atoms with E-state index in [1.54, 1.807) is 12.1 Å². The third-order valence-corrected chi connectivity index (χ3v) is 5.48. The molecule has 1 aliphatic rings. The van der Waals surface area contributed by atoms with Crippen molar-refractivity contribution in [2.45, 2.75) is 24.4 Å². The van der Waals surface area contributed by atoms with E-state index in [4.69, 9.17) is 9.47 Å². The molecule has 2 N–H and O–H groups in total. The van der Waals surface area contributed by atoms with Gasteiger partial charge in [0.1, 0.15) is 6.54 Å². The highest BCUT2D eigenvalue weighted by molar-refractivity contribution is 7.89. The number of quaternary nitrogens is 1. The fourth-order valence-electron chi connectivity index (χ4n) is 2.76. The topological polar surface area (TPSA) is 69.1 Å². The third kappa shape index (κ3) is 4.75. The maximum absolute atomic E-state index is 12.6. The van der Waals surface area contributed by atoms with E-state index in [2.05, 4.69) is 18.8 Å². The van der Waals surface area contributed by atoms with E-state index in [0.29, 0.717) is 24.7 Å². The summed E-state index contributed by atoms with van der Waals surface area (Å²) in [7, 11) is 0.567.